The molecular weight excluding hydrogens is 228 g/mol. The fraction of sp³-hybridized carbons (Fsp3) is 0.125. The maximum absolute atomic E-state index is 6.01. The summed E-state index contributed by atoms with van der Waals surface area (Å²) in [5.41, 5.74) is 5.41. The van der Waals surface area contributed by atoms with Gasteiger partial charge in [0.15, 0.2) is 0 Å². The second-order valence-electron chi connectivity index (χ2n) is 4.38. The van der Waals surface area contributed by atoms with Crippen molar-refractivity contribution in [1.29, 1.82) is 0 Å². The Morgan fingerprint density at radius 1 is 0.882 bits per heavy atom. The highest BCUT2D eigenvalue weighted by Crippen LogP contribution is 2.31. The average Bonchev–Trinajstić information content (AvgIpc) is 2.39. The minimum Gasteiger partial charge on any atom is -0.0843 e. The first-order valence-electron chi connectivity index (χ1n) is 5.87. The summed E-state index contributed by atoms with van der Waals surface area (Å²) in [5.74, 6) is 0. The summed E-state index contributed by atoms with van der Waals surface area (Å²) in [5, 5.41) is 0.834. The standard InChI is InChI=1S/C16H13Cl/c17-16-9-8-14-10-13(6-7-15(14)11-16)12-4-2-1-3-5-12/h1-5,8-11H,6-7H2. The predicted octanol–water partition coefficient (Wildman–Crippen LogP) is 4.83. The van der Waals surface area contributed by atoms with Gasteiger partial charge in [-0.25, -0.2) is 0 Å². The molecule has 3 rings (SSSR count). The molecule has 1 aliphatic rings. The molecule has 84 valence electrons. The summed E-state index contributed by atoms with van der Waals surface area (Å²) in [7, 11) is 0. The van der Waals surface area contributed by atoms with Crippen molar-refractivity contribution < 1.29 is 0 Å². The van der Waals surface area contributed by atoms with Gasteiger partial charge in [0.25, 0.3) is 0 Å². The van der Waals surface area contributed by atoms with Gasteiger partial charge in [-0.3, -0.25) is 0 Å². The molecule has 1 aliphatic carbocycles. The highest BCUT2D eigenvalue weighted by Gasteiger charge is 2.11. The van der Waals surface area contributed by atoms with E-state index in [0.29, 0.717) is 0 Å². The van der Waals surface area contributed by atoms with Gasteiger partial charge < -0.3 is 0 Å². The number of hydrogen-bond acceptors (Lipinski definition) is 0. The van der Waals surface area contributed by atoms with Gasteiger partial charge in [0, 0.05) is 5.02 Å². The normalized spacial score (nSPS) is 14.1. The van der Waals surface area contributed by atoms with Crippen LogP contribution in [0.4, 0.5) is 0 Å². The van der Waals surface area contributed by atoms with Crippen LogP contribution in [0.1, 0.15) is 23.1 Å². The van der Waals surface area contributed by atoms with Gasteiger partial charge in [0.2, 0.25) is 0 Å². The molecule has 0 radical (unpaired) electrons. The quantitative estimate of drug-likeness (QED) is 0.670. The lowest BCUT2D eigenvalue weighted by Crippen LogP contribution is -1.98. The van der Waals surface area contributed by atoms with Crippen molar-refractivity contribution in [3.05, 3.63) is 70.2 Å². The third kappa shape index (κ3) is 2.13. The first-order chi connectivity index (χ1) is 8.33. The third-order valence-corrected chi connectivity index (χ3v) is 3.48. The molecule has 0 spiro atoms. The highest BCUT2D eigenvalue weighted by atomic mass is 35.5. The molecule has 0 atom stereocenters. The first kappa shape index (κ1) is 10.6. The van der Waals surface area contributed by atoms with Gasteiger partial charge >= 0.3 is 0 Å². The number of hydrogen-bond donors (Lipinski definition) is 0. The van der Waals surface area contributed by atoms with Crippen molar-refractivity contribution in [2.75, 3.05) is 0 Å². The second kappa shape index (κ2) is 4.38. The number of allylic oxidation sites excluding steroid dienone is 1. The molecule has 1 heteroatoms. The van der Waals surface area contributed by atoms with Gasteiger partial charge in [0.1, 0.15) is 0 Å². The molecule has 0 bridgehead atoms. The second-order valence-corrected chi connectivity index (χ2v) is 4.82. The van der Waals surface area contributed by atoms with Crippen molar-refractivity contribution >= 4 is 23.3 Å². The van der Waals surface area contributed by atoms with Crippen molar-refractivity contribution in [1.82, 2.24) is 0 Å². The van der Waals surface area contributed by atoms with Crippen molar-refractivity contribution in [2.24, 2.45) is 0 Å². The SMILES string of the molecule is Clc1ccc2c(c1)CCC(c1ccccc1)=C2. The van der Waals surface area contributed by atoms with E-state index in [-0.39, 0.29) is 0 Å². The van der Waals surface area contributed by atoms with E-state index in [9.17, 15) is 0 Å². The number of benzene rings is 2. The summed E-state index contributed by atoms with van der Waals surface area (Å²) in [6.07, 6.45) is 4.46. The van der Waals surface area contributed by atoms with Crippen LogP contribution in [0.25, 0.3) is 11.6 Å². The summed E-state index contributed by atoms with van der Waals surface area (Å²) in [4.78, 5) is 0. The molecule has 0 N–H and O–H groups in total. The molecule has 0 heterocycles. The van der Waals surface area contributed by atoms with Crippen LogP contribution in [0.2, 0.25) is 5.02 Å². The zero-order valence-electron chi connectivity index (χ0n) is 9.49. The maximum Gasteiger partial charge on any atom is 0.0409 e. The van der Waals surface area contributed by atoms with Crippen molar-refractivity contribution in [3.63, 3.8) is 0 Å². The smallest absolute Gasteiger partial charge is 0.0409 e. The van der Waals surface area contributed by atoms with Crippen LogP contribution in [0.3, 0.4) is 0 Å². The summed E-state index contributed by atoms with van der Waals surface area (Å²) in [6, 6.07) is 16.7. The minimum atomic E-state index is 0.834. The lowest BCUT2D eigenvalue weighted by molar-refractivity contribution is 1.00. The molecular formula is C16H13Cl. The Morgan fingerprint density at radius 2 is 1.71 bits per heavy atom. The molecule has 0 fully saturated rings. The molecule has 0 nitrogen and oxygen atoms in total. The maximum atomic E-state index is 6.01. The Labute approximate surface area is 107 Å². The minimum absolute atomic E-state index is 0.834. The molecule has 2 aromatic rings. The van der Waals surface area contributed by atoms with Gasteiger partial charge in [-0.15, -0.1) is 0 Å². The Morgan fingerprint density at radius 3 is 2.53 bits per heavy atom. The van der Waals surface area contributed by atoms with Crippen LogP contribution in [-0.2, 0) is 6.42 Å². The molecule has 2 aromatic carbocycles. The number of aryl methyl sites for hydroxylation is 1. The van der Waals surface area contributed by atoms with E-state index in [2.05, 4.69) is 48.5 Å². The van der Waals surface area contributed by atoms with Gasteiger partial charge in [0.05, 0.1) is 0 Å². The van der Waals surface area contributed by atoms with E-state index < -0.39 is 0 Å². The Balaban J connectivity index is 2.03. The fourth-order valence-corrected chi connectivity index (χ4v) is 2.54. The number of fused-ring (bicyclic) bond motifs is 1. The zero-order chi connectivity index (χ0) is 11.7. The van der Waals surface area contributed by atoms with E-state index in [4.69, 9.17) is 11.6 Å². The summed E-state index contributed by atoms with van der Waals surface area (Å²) < 4.78 is 0. The molecule has 0 saturated carbocycles. The van der Waals surface area contributed by atoms with E-state index in [1.807, 2.05) is 6.07 Å². The summed E-state index contributed by atoms with van der Waals surface area (Å²) >= 11 is 6.01. The van der Waals surface area contributed by atoms with E-state index in [1.165, 1.54) is 22.3 Å². The third-order valence-electron chi connectivity index (χ3n) is 3.24. The van der Waals surface area contributed by atoms with Gasteiger partial charge in [-0.2, -0.15) is 0 Å². The molecule has 17 heavy (non-hydrogen) atoms. The molecule has 0 unspecified atom stereocenters. The largest absolute Gasteiger partial charge is 0.0843 e. The van der Waals surface area contributed by atoms with Crippen LogP contribution < -0.4 is 0 Å². The van der Waals surface area contributed by atoms with Crippen LogP contribution >= 0.6 is 11.6 Å². The monoisotopic (exact) mass is 240 g/mol. The average molecular weight is 241 g/mol. The first-order valence-corrected chi connectivity index (χ1v) is 6.25. The highest BCUT2D eigenvalue weighted by molar-refractivity contribution is 6.30. The van der Waals surface area contributed by atoms with E-state index >= 15 is 0 Å². The van der Waals surface area contributed by atoms with Crippen LogP contribution in [0.5, 0.6) is 0 Å². The van der Waals surface area contributed by atoms with Crippen LogP contribution in [-0.4, -0.2) is 0 Å². The lowest BCUT2D eigenvalue weighted by Gasteiger charge is -2.17. The Kier molecular flexibility index (Phi) is 2.74. The molecule has 0 aromatic heterocycles. The fourth-order valence-electron chi connectivity index (χ4n) is 2.34. The van der Waals surface area contributed by atoms with E-state index in [1.54, 1.807) is 0 Å². The predicted molar refractivity (Wildman–Crippen MR) is 74.1 cm³/mol. The zero-order valence-corrected chi connectivity index (χ0v) is 10.2. The molecule has 0 saturated heterocycles. The van der Waals surface area contributed by atoms with E-state index in [0.717, 1.165) is 17.9 Å². The van der Waals surface area contributed by atoms with Gasteiger partial charge in [-0.1, -0.05) is 54.1 Å². The van der Waals surface area contributed by atoms with Crippen LogP contribution in [0.15, 0.2) is 48.5 Å². The molecule has 0 aliphatic heterocycles. The Bertz CT molecular complexity index is 567. The van der Waals surface area contributed by atoms with Gasteiger partial charge in [-0.05, 0) is 47.2 Å². The molecule has 0 amide bonds. The number of halogens is 1. The number of rotatable bonds is 1. The summed E-state index contributed by atoms with van der Waals surface area (Å²) in [6.45, 7) is 0. The van der Waals surface area contributed by atoms with Crippen LogP contribution in [0, 0.1) is 0 Å². The lowest BCUT2D eigenvalue weighted by atomic mass is 9.89. The van der Waals surface area contributed by atoms with Crippen molar-refractivity contribution in [3.8, 4) is 0 Å². The van der Waals surface area contributed by atoms with Crippen molar-refractivity contribution in [2.45, 2.75) is 12.8 Å². The Hall–Kier alpha value is -1.53. The topological polar surface area (TPSA) is 0 Å².